The van der Waals surface area contributed by atoms with E-state index in [0.29, 0.717) is 24.5 Å². The zero-order valence-corrected chi connectivity index (χ0v) is 18.3. The number of anilines is 1. The number of amides is 1. The highest BCUT2D eigenvalue weighted by Crippen LogP contribution is 2.21. The minimum absolute atomic E-state index is 0.150. The minimum Gasteiger partial charge on any atom is -0.494 e. The van der Waals surface area contributed by atoms with E-state index in [1.807, 2.05) is 6.92 Å². The van der Waals surface area contributed by atoms with Crippen molar-refractivity contribution in [3.63, 3.8) is 0 Å². The van der Waals surface area contributed by atoms with E-state index >= 15 is 0 Å². The van der Waals surface area contributed by atoms with Crippen molar-refractivity contribution in [3.8, 4) is 5.75 Å². The van der Waals surface area contributed by atoms with E-state index in [2.05, 4.69) is 16.1 Å². The lowest BCUT2D eigenvalue weighted by Gasteiger charge is -2.13. The van der Waals surface area contributed by atoms with Crippen LogP contribution in [0.1, 0.15) is 49.4 Å². The van der Waals surface area contributed by atoms with E-state index in [4.69, 9.17) is 4.74 Å². The Labute approximate surface area is 182 Å². The molecule has 6 nitrogen and oxygen atoms in total. The number of hydrogen-bond donors (Lipinski definition) is 2. The third-order valence-electron chi connectivity index (χ3n) is 5.04. The molecule has 0 saturated heterocycles. The number of hydrogen-bond acceptors (Lipinski definition) is 4. The normalized spacial score (nSPS) is 14.1. The maximum absolute atomic E-state index is 14.3. The fourth-order valence-electron chi connectivity index (χ4n) is 3.41. The molecule has 166 valence electrons. The van der Waals surface area contributed by atoms with Gasteiger partial charge in [-0.3, -0.25) is 4.79 Å². The van der Waals surface area contributed by atoms with Crippen molar-refractivity contribution in [3.05, 3.63) is 65.5 Å². The van der Waals surface area contributed by atoms with Gasteiger partial charge in [-0.05, 0) is 81.5 Å². The Kier molecular flexibility index (Phi) is 7.81. The lowest BCUT2D eigenvalue weighted by atomic mass is 9.97. The molecular formula is C23H27FN2O4S. The van der Waals surface area contributed by atoms with E-state index in [1.165, 1.54) is 12.0 Å². The van der Waals surface area contributed by atoms with E-state index in [0.717, 1.165) is 37.5 Å². The molecule has 0 unspecified atom stereocenters. The van der Waals surface area contributed by atoms with Crippen molar-refractivity contribution < 1.29 is 22.3 Å². The molecule has 2 N–H and O–H groups in total. The molecule has 0 heterocycles. The first-order chi connectivity index (χ1) is 14.9. The molecule has 1 aliphatic rings. The molecule has 0 saturated carbocycles. The van der Waals surface area contributed by atoms with Gasteiger partial charge in [0.15, 0.2) is 0 Å². The Morgan fingerprint density at radius 2 is 1.90 bits per heavy atom. The fraction of sp³-hybridized carbons (Fsp3) is 0.348. The SMILES string of the molecule is CCOc1ccc(NC(=O)c2cc(S(=O)(=O)NCCC3=CCCCC3)ccc2F)cc1. The van der Waals surface area contributed by atoms with Crippen LogP contribution in [0, 0.1) is 5.82 Å². The molecule has 0 fully saturated rings. The number of allylic oxidation sites excluding steroid dienone is 1. The van der Waals surface area contributed by atoms with Gasteiger partial charge in [-0.2, -0.15) is 0 Å². The lowest BCUT2D eigenvalue weighted by Crippen LogP contribution is -2.26. The van der Waals surface area contributed by atoms with E-state index in [9.17, 15) is 17.6 Å². The van der Waals surface area contributed by atoms with Crippen molar-refractivity contribution >= 4 is 21.6 Å². The molecule has 0 atom stereocenters. The van der Waals surface area contributed by atoms with Crippen LogP contribution in [0.2, 0.25) is 0 Å². The number of carbonyl (C=O) groups excluding carboxylic acids is 1. The quantitative estimate of drug-likeness (QED) is 0.550. The number of halogens is 1. The van der Waals surface area contributed by atoms with Crippen LogP contribution < -0.4 is 14.8 Å². The number of sulfonamides is 1. The molecule has 2 aromatic rings. The fourth-order valence-corrected chi connectivity index (χ4v) is 4.46. The summed E-state index contributed by atoms with van der Waals surface area (Å²) >= 11 is 0. The van der Waals surface area contributed by atoms with Gasteiger partial charge in [0.05, 0.1) is 17.1 Å². The van der Waals surface area contributed by atoms with Crippen LogP contribution in [0.15, 0.2) is 59.0 Å². The summed E-state index contributed by atoms with van der Waals surface area (Å²) in [6, 6.07) is 9.83. The van der Waals surface area contributed by atoms with E-state index < -0.39 is 21.7 Å². The van der Waals surface area contributed by atoms with Crippen LogP contribution in [0.5, 0.6) is 5.75 Å². The molecular weight excluding hydrogens is 419 g/mol. The van der Waals surface area contributed by atoms with Crippen molar-refractivity contribution in [1.82, 2.24) is 4.72 Å². The van der Waals surface area contributed by atoms with Gasteiger partial charge in [0.1, 0.15) is 11.6 Å². The van der Waals surface area contributed by atoms with Gasteiger partial charge in [-0.25, -0.2) is 17.5 Å². The highest BCUT2D eigenvalue weighted by atomic mass is 32.2. The van der Waals surface area contributed by atoms with Gasteiger partial charge in [0, 0.05) is 12.2 Å². The van der Waals surface area contributed by atoms with Gasteiger partial charge >= 0.3 is 0 Å². The maximum Gasteiger partial charge on any atom is 0.258 e. The van der Waals surface area contributed by atoms with Gasteiger partial charge in [0.25, 0.3) is 5.91 Å². The second kappa shape index (κ2) is 10.5. The third kappa shape index (κ3) is 6.38. The summed E-state index contributed by atoms with van der Waals surface area (Å²) in [6.45, 7) is 2.64. The monoisotopic (exact) mass is 446 g/mol. The summed E-state index contributed by atoms with van der Waals surface area (Å²) in [5, 5.41) is 2.58. The Balaban J connectivity index is 1.67. The average Bonchev–Trinajstić information content (AvgIpc) is 2.76. The molecule has 0 bridgehead atoms. The number of nitrogens with one attached hydrogen (secondary N) is 2. The number of ether oxygens (including phenoxy) is 1. The first-order valence-electron chi connectivity index (χ1n) is 10.4. The summed E-state index contributed by atoms with van der Waals surface area (Å²) in [5.41, 5.74) is 1.36. The summed E-state index contributed by atoms with van der Waals surface area (Å²) < 4.78 is 47.4. The predicted octanol–water partition coefficient (Wildman–Crippen LogP) is 4.65. The number of rotatable bonds is 9. The predicted molar refractivity (Wildman–Crippen MR) is 118 cm³/mol. The van der Waals surface area contributed by atoms with Crippen molar-refractivity contribution in [2.45, 2.75) is 43.9 Å². The molecule has 8 heteroatoms. The Hall–Kier alpha value is -2.71. The molecule has 0 aromatic heterocycles. The Bertz CT molecular complexity index is 1050. The van der Waals surface area contributed by atoms with Crippen molar-refractivity contribution in [1.29, 1.82) is 0 Å². The molecule has 2 aromatic carbocycles. The largest absolute Gasteiger partial charge is 0.494 e. The van der Waals surface area contributed by atoms with Gasteiger partial charge < -0.3 is 10.1 Å². The third-order valence-corrected chi connectivity index (χ3v) is 6.50. The minimum atomic E-state index is -3.86. The van der Waals surface area contributed by atoms with Crippen LogP contribution >= 0.6 is 0 Å². The molecule has 0 aliphatic heterocycles. The second-order valence-electron chi connectivity index (χ2n) is 7.31. The van der Waals surface area contributed by atoms with Crippen LogP contribution in [0.3, 0.4) is 0 Å². The van der Waals surface area contributed by atoms with Crippen molar-refractivity contribution in [2.24, 2.45) is 0 Å². The first-order valence-corrected chi connectivity index (χ1v) is 11.9. The van der Waals surface area contributed by atoms with Gasteiger partial charge in [0.2, 0.25) is 10.0 Å². The Morgan fingerprint density at radius 1 is 1.13 bits per heavy atom. The van der Waals surface area contributed by atoms with Crippen LogP contribution in [-0.2, 0) is 10.0 Å². The van der Waals surface area contributed by atoms with Crippen molar-refractivity contribution in [2.75, 3.05) is 18.5 Å². The zero-order chi connectivity index (χ0) is 22.3. The first kappa shape index (κ1) is 23.0. The van der Waals surface area contributed by atoms with E-state index in [1.54, 1.807) is 24.3 Å². The van der Waals surface area contributed by atoms with Crippen LogP contribution in [0.25, 0.3) is 0 Å². The topological polar surface area (TPSA) is 84.5 Å². The molecule has 1 amide bonds. The molecule has 31 heavy (non-hydrogen) atoms. The second-order valence-corrected chi connectivity index (χ2v) is 9.08. The lowest BCUT2D eigenvalue weighted by molar-refractivity contribution is 0.102. The van der Waals surface area contributed by atoms with Crippen LogP contribution in [0.4, 0.5) is 10.1 Å². The van der Waals surface area contributed by atoms with Crippen LogP contribution in [-0.4, -0.2) is 27.5 Å². The molecule has 3 rings (SSSR count). The highest BCUT2D eigenvalue weighted by molar-refractivity contribution is 7.89. The standard InChI is InChI=1S/C23H27FN2O4S/c1-2-30-19-10-8-18(9-11-19)26-23(27)21-16-20(12-13-22(21)24)31(28,29)25-15-14-17-6-4-3-5-7-17/h6,8-13,16,25H,2-5,7,14-15H2,1H3,(H,26,27). The smallest absolute Gasteiger partial charge is 0.258 e. The van der Waals surface area contributed by atoms with Gasteiger partial charge in [-0.1, -0.05) is 11.6 Å². The molecule has 0 spiro atoms. The summed E-state index contributed by atoms with van der Waals surface area (Å²) in [5.74, 6) is -0.879. The highest BCUT2D eigenvalue weighted by Gasteiger charge is 2.20. The summed E-state index contributed by atoms with van der Waals surface area (Å²) in [4.78, 5) is 12.4. The zero-order valence-electron chi connectivity index (χ0n) is 17.5. The van der Waals surface area contributed by atoms with E-state index in [-0.39, 0.29) is 17.0 Å². The average molecular weight is 447 g/mol. The maximum atomic E-state index is 14.3. The Morgan fingerprint density at radius 3 is 2.58 bits per heavy atom. The summed E-state index contributed by atoms with van der Waals surface area (Å²) in [6.07, 6.45) is 7.14. The molecule has 0 radical (unpaired) electrons. The number of carbonyl (C=O) groups is 1. The molecule has 1 aliphatic carbocycles. The number of benzene rings is 2. The van der Waals surface area contributed by atoms with Gasteiger partial charge in [-0.15, -0.1) is 0 Å². The summed E-state index contributed by atoms with van der Waals surface area (Å²) in [7, 11) is -3.86.